The summed E-state index contributed by atoms with van der Waals surface area (Å²) in [6.45, 7) is 6.46. The van der Waals surface area contributed by atoms with E-state index in [2.05, 4.69) is 45.4 Å². The fourth-order valence-electron chi connectivity index (χ4n) is 5.33. The minimum Gasteiger partial charge on any atom is -0.277 e. The summed E-state index contributed by atoms with van der Waals surface area (Å²) in [6, 6.07) is 8.57. The van der Waals surface area contributed by atoms with Crippen molar-refractivity contribution in [2.45, 2.75) is 62.6 Å². The molecular formula is C23H26N4OS. The van der Waals surface area contributed by atoms with Crippen LogP contribution in [0.2, 0.25) is 0 Å². The Balaban J connectivity index is 1.93. The van der Waals surface area contributed by atoms with Crippen molar-refractivity contribution >= 4 is 17.5 Å². The average Bonchev–Trinajstić information content (AvgIpc) is 3.16. The molecule has 6 heteroatoms. The third-order valence-corrected chi connectivity index (χ3v) is 7.49. The highest BCUT2D eigenvalue weighted by Crippen LogP contribution is 2.49. The van der Waals surface area contributed by atoms with Gasteiger partial charge in [0, 0.05) is 28.8 Å². The largest absolute Gasteiger partial charge is 0.277 e. The fourth-order valence-corrected chi connectivity index (χ4v) is 6.00. The normalized spacial score (nSPS) is 17.3. The number of thioether (sulfide) groups is 1. The van der Waals surface area contributed by atoms with Crippen LogP contribution in [0.25, 0.3) is 17.0 Å². The van der Waals surface area contributed by atoms with Crippen LogP contribution in [0.15, 0.2) is 46.9 Å². The van der Waals surface area contributed by atoms with Crippen LogP contribution in [0, 0.1) is 0 Å². The van der Waals surface area contributed by atoms with E-state index in [1.54, 1.807) is 11.8 Å². The predicted molar refractivity (Wildman–Crippen MR) is 118 cm³/mol. The Bertz CT molecular complexity index is 1150. The average molecular weight is 407 g/mol. The van der Waals surface area contributed by atoms with Crippen molar-refractivity contribution in [2.24, 2.45) is 0 Å². The minimum absolute atomic E-state index is 0.0746. The molecule has 2 aliphatic carbocycles. The van der Waals surface area contributed by atoms with E-state index in [1.807, 2.05) is 17.6 Å². The lowest BCUT2D eigenvalue weighted by Gasteiger charge is -2.42. The Morgan fingerprint density at radius 2 is 2.00 bits per heavy atom. The first-order valence-electron chi connectivity index (χ1n) is 10.5. The molecule has 0 atom stereocenters. The van der Waals surface area contributed by atoms with Crippen molar-refractivity contribution in [3.05, 3.63) is 58.4 Å². The zero-order chi connectivity index (χ0) is 20.0. The maximum absolute atomic E-state index is 13.8. The first kappa shape index (κ1) is 18.7. The molecule has 1 spiro atoms. The van der Waals surface area contributed by atoms with E-state index >= 15 is 0 Å². The van der Waals surface area contributed by atoms with Gasteiger partial charge in [-0.15, -0.1) is 16.8 Å². The van der Waals surface area contributed by atoms with Gasteiger partial charge in [0.15, 0.2) is 5.16 Å². The van der Waals surface area contributed by atoms with Gasteiger partial charge in [0.1, 0.15) is 0 Å². The summed E-state index contributed by atoms with van der Waals surface area (Å²) < 4.78 is 3.96. The lowest BCUT2D eigenvalue weighted by Crippen LogP contribution is -2.43. The molecule has 1 fully saturated rings. The highest BCUT2D eigenvalue weighted by molar-refractivity contribution is 7.99. The molecule has 0 bridgehead atoms. The SMILES string of the molecule is C=CCSc1nnc2n(CC)c(=O)c3c(n12)-c1ccccc1CC31CCCCC1. The second kappa shape index (κ2) is 7.17. The number of hydrogen-bond donors (Lipinski definition) is 0. The van der Waals surface area contributed by atoms with Gasteiger partial charge in [-0.3, -0.25) is 13.8 Å². The summed E-state index contributed by atoms with van der Waals surface area (Å²) in [5.74, 6) is 1.40. The molecule has 0 aliphatic heterocycles. The van der Waals surface area contributed by atoms with E-state index in [0.29, 0.717) is 12.3 Å². The summed E-state index contributed by atoms with van der Waals surface area (Å²) in [5, 5.41) is 9.74. The maximum atomic E-state index is 13.8. The summed E-state index contributed by atoms with van der Waals surface area (Å²) in [4.78, 5) is 13.8. The molecule has 150 valence electrons. The summed E-state index contributed by atoms with van der Waals surface area (Å²) in [6.07, 6.45) is 8.63. The van der Waals surface area contributed by atoms with Crippen molar-refractivity contribution in [2.75, 3.05) is 5.75 Å². The van der Waals surface area contributed by atoms with Crippen LogP contribution in [0.4, 0.5) is 0 Å². The van der Waals surface area contributed by atoms with Crippen molar-refractivity contribution in [3.8, 4) is 11.3 Å². The minimum atomic E-state index is -0.0746. The molecule has 3 aromatic rings. The third kappa shape index (κ3) is 2.72. The number of aryl methyl sites for hydroxylation is 1. The highest BCUT2D eigenvalue weighted by Gasteiger charge is 2.44. The van der Waals surface area contributed by atoms with Crippen molar-refractivity contribution in [1.29, 1.82) is 0 Å². The van der Waals surface area contributed by atoms with Crippen LogP contribution in [-0.2, 0) is 18.4 Å². The zero-order valence-electron chi connectivity index (χ0n) is 16.9. The predicted octanol–water partition coefficient (Wildman–Crippen LogP) is 4.61. The Labute approximate surface area is 174 Å². The molecule has 0 unspecified atom stereocenters. The van der Waals surface area contributed by atoms with Gasteiger partial charge in [0.25, 0.3) is 5.56 Å². The van der Waals surface area contributed by atoms with Crippen LogP contribution in [-0.4, -0.2) is 24.9 Å². The molecule has 2 aromatic heterocycles. The lowest BCUT2D eigenvalue weighted by atomic mass is 9.62. The van der Waals surface area contributed by atoms with Gasteiger partial charge in [0.05, 0.1) is 5.69 Å². The van der Waals surface area contributed by atoms with E-state index in [-0.39, 0.29) is 11.0 Å². The number of fused-ring (bicyclic) bond motifs is 6. The van der Waals surface area contributed by atoms with Crippen molar-refractivity contribution in [1.82, 2.24) is 19.2 Å². The molecule has 0 N–H and O–H groups in total. The van der Waals surface area contributed by atoms with Gasteiger partial charge >= 0.3 is 0 Å². The van der Waals surface area contributed by atoms with E-state index in [9.17, 15) is 4.79 Å². The zero-order valence-corrected chi connectivity index (χ0v) is 17.7. The Morgan fingerprint density at radius 1 is 1.21 bits per heavy atom. The van der Waals surface area contributed by atoms with Crippen LogP contribution < -0.4 is 5.56 Å². The van der Waals surface area contributed by atoms with Crippen LogP contribution in [0.3, 0.4) is 0 Å². The number of hydrogen-bond acceptors (Lipinski definition) is 4. The van der Waals surface area contributed by atoms with Gasteiger partial charge in [-0.2, -0.15) is 0 Å². The summed E-state index contributed by atoms with van der Waals surface area (Å²) in [5.41, 5.74) is 4.56. The lowest BCUT2D eigenvalue weighted by molar-refractivity contribution is 0.283. The van der Waals surface area contributed by atoms with Gasteiger partial charge < -0.3 is 0 Å². The summed E-state index contributed by atoms with van der Waals surface area (Å²) in [7, 11) is 0. The number of rotatable bonds is 4. The van der Waals surface area contributed by atoms with Crippen LogP contribution >= 0.6 is 11.8 Å². The Kier molecular flexibility index (Phi) is 4.62. The Hall–Kier alpha value is -2.34. The maximum Gasteiger partial charge on any atom is 0.259 e. The molecule has 0 radical (unpaired) electrons. The topological polar surface area (TPSA) is 52.2 Å². The standard InChI is InChI=1S/C23H26N4OS/c1-3-14-29-22-25-24-21-26(4-2)20(28)18-19(27(21)22)17-11-7-6-10-16(17)15-23(18)12-8-5-9-13-23/h3,6-7,10-11H,1,4-5,8-9,12-15H2,2H3. The molecule has 5 rings (SSSR count). The smallest absolute Gasteiger partial charge is 0.259 e. The highest BCUT2D eigenvalue weighted by atomic mass is 32.2. The third-order valence-electron chi connectivity index (χ3n) is 6.57. The molecule has 29 heavy (non-hydrogen) atoms. The van der Waals surface area contributed by atoms with Gasteiger partial charge in [-0.05, 0) is 31.7 Å². The number of aromatic nitrogens is 4. The quantitative estimate of drug-likeness (QED) is 0.469. The van der Waals surface area contributed by atoms with E-state index in [0.717, 1.165) is 47.0 Å². The Morgan fingerprint density at radius 3 is 2.76 bits per heavy atom. The fraction of sp³-hybridized carbons (Fsp3) is 0.435. The van der Waals surface area contributed by atoms with E-state index < -0.39 is 0 Å². The van der Waals surface area contributed by atoms with E-state index in [1.165, 1.54) is 24.8 Å². The molecule has 0 saturated heterocycles. The summed E-state index contributed by atoms with van der Waals surface area (Å²) >= 11 is 1.62. The first-order valence-corrected chi connectivity index (χ1v) is 11.5. The number of benzene rings is 1. The second-order valence-electron chi connectivity index (χ2n) is 8.17. The molecular weight excluding hydrogens is 380 g/mol. The van der Waals surface area contributed by atoms with Gasteiger partial charge in [-0.25, -0.2) is 0 Å². The molecule has 0 amide bonds. The molecule has 1 aromatic carbocycles. The molecule has 2 heterocycles. The van der Waals surface area contributed by atoms with Crippen LogP contribution in [0.1, 0.15) is 50.2 Å². The van der Waals surface area contributed by atoms with Crippen molar-refractivity contribution in [3.63, 3.8) is 0 Å². The molecule has 2 aliphatic rings. The first-order chi connectivity index (χ1) is 14.2. The number of nitrogens with zero attached hydrogens (tertiary/aromatic N) is 4. The van der Waals surface area contributed by atoms with Gasteiger partial charge in [-0.1, -0.05) is 61.4 Å². The molecule has 5 nitrogen and oxygen atoms in total. The molecule has 1 saturated carbocycles. The monoisotopic (exact) mass is 406 g/mol. The van der Waals surface area contributed by atoms with Crippen LogP contribution in [0.5, 0.6) is 0 Å². The van der Waals surface area contributed by atoms with Gasteiger partial charge in [0.2, 0.25) is 5.78 Å². The second-order valence-corrected chi connectivity index (χ2v) is 9.15. The van der Waals surface area contributed by atoms with E-state index in [4.69, 9.17) is 0 Å². The van der Waals surface area contributed by atoms with Crippen molar-refractivity contribution < 1.29 is 0 Å².